The van der Waals surface area contributed by atoms with E-state index in [-0.39, 0.29) is 11.3 Å². The van der Waals surface area contributed by atoms with Gasteiger partial charge in [-0.15, -0.1) is 0 Å². The highest BCUT2D eigenvalue weighted by Gasteiger charge is 2.29. The van der Waals surface area contributed by atoms with Crippen molar-refractivity contribution < 1.29 is 4.79 Å². The van der Waals surface area contributed by atoms with E-state index >= 15 is 0 Å². The van der Waals surface area contributed by atoms with Crippen molar-refractivity contribution in [2.75, 3.05) is 32.1 Å². The van der Waals surface area contributed by atoms with Crippen LogP contribution in [0.1, 0.15) is 35.7 Å². The molecule has 0 saturated carbocycles. The third kappa shape index (κ3) is 3.95. The summed E-state index contributed by atoms with van der Waals surface area (Å²) in [6.45, 7) is 7.11. The second kappa shape index (κ2) is 6.45. The summed E-state index contributed by atoms with van der Waals surface area (Å²) in [6.07, 6.45) is 2.22. The maximum Gasteiger partial charge on any atom is 0.253 e. The Kier molecular flexibility index (Phi) is 4.85. The lowest BCUT2D eigenvalue weighted by Crippen LogP contribution is -2.43. The van der Waals surface area contributed by atoms with E-state index in [1.807, 2.05) is 25.1 Å². The SMILES string of the molecule is Cc1ccc(C(=O)NCC2(C)CCN(C)CC2)c(NN)c1. The molecule has 1 aromatic rings. The number of hydrogen-bond acceptors (Lipinski definition) is 4. The van der Waals surface area contributed by atoms with Crippen LogP contribution >= 0.6 is 0 Å². The molecule has 1 aliphatic rings. The third-order valence-corrected chi connectivity index (χ3v) is 4.45. The standard InChI is InChI=1S/C16H26N4O/c1-12-4-5-13(14(10-12)19-17)15(21)18-11-16(2)6-8-20(3)9-7-16/h4-5,10,19H,6-9,11,17H2,1-3H3,(H,18,21). The lowest BCUT2D eigenvalue weighted by Gasteiger charge is -2.38. The number of amides is 1. The molecule has 1 aliphatic heterocycles. The molecular weight excluding hydrogens is 264 g/mol. The molecular formula is C16H26N4O. The molecule has 1 saturated heterocycles. The molecule has 116 valence electrons. The molecule has 1 aromatic carbocycles. The number of hydrogen-bond donors (Lipinski definition) is 3. The Morgan fingerprint density at radius 2 is 2.05 bits per heavy atom. The Bertz CT molecular complexity index is 507. The number of piperidine rings is 1. The minimum atomic E-state index is -0.0666. The summed E-state index contributed by atoms with van der Waals surface area (Å²) in [6, 6.07) is 5.62. The zero-order chi connectivity index (χ0) is 15.5. The number of benzene rings is 1. The first kappa shape index (κ1) is 15.8. The first-order valence-electron chi connectivity index (χ1n) is 7.47. The number of carbonyl (C=O) groups excluding carboxylic acids is 1. The second-order valence-corrected chi connectivity index (χ2v) is 6.49. The molecule has 5 heteroatoms. The number of hydrazine groups is 1. The van der Waals surface area contributed by atoms with Gasteiger partial charge in [0.15, 0.2) is 0 Å². The first-order valence-corrected chi connectivity index (χ1v) is 7.47. The fourth-order valence-electron chi connectivity index (χ4n) is 2.70. The highest BCUT2D eigenvalue weighted by molar-refractivity contribution is 5.99. The summed E-state index contributed by atoms with van der Waals surface area (Å²) in [7, 11) is 2.14. The molecule has 4 N–H and O–H groups in total. The van der Waals surface area contributed by atoms with Crippen molar-refractivity contribution >= 4 is 11.6 Å². The van der Waals surface area contributed by atoms with E-state index < -0.39 is 0 Å². The van der Waals surface area contributed by atoms with E-state index in [9.17, 15) is 4.79 Å². The van der Waals surface area contributed by atoms with Gasteiger partial charge in [-0.1, -0.05) is 13.0 Å². The van der Waals surface area contributed by atoms with E-state index in [1.54, 1.807) is 0 Å². The van der Waals surface area contributed by atoms with E-state index in [0.717, 1.165) is 31.5 Å². The Hall–Kier alpha value is -1.59. The summed E-state index contributed by atoms with van der Waals surface area (Å²) >= 11 is 0. The minimum Gasteiger partial charge on any atom is -0.351 e. The van der Waals surface area contributed by atoms with Gasteiger partial charge < -0.3 is 15.6 Å². The molecule has 0 atom stereocenters. The van der Waals surface area contributed by atoms with Crippen LogP contribution in [0.5, 0.6) is 0 Å². The molecule has 1 amide bonds. The fourth-order valence-corrected chi connectivity index (χ4v) is 2.70. The average molecular weight is 290 g/mol. The highest BCUT2D eigenvalue weighted by atomic mass is 16.1. The fraction of sp³-hybridized carbons (Fsp3) is 0.562. The molecule has 1 heterocycles. The summed E-state index contributed by atoms with van der Waals surface area (Å²) in [5.41, 5.74) is 5.12. The topological polar surface area (TPSA) is 70.4 Å². The quantitative estimate of drug-likeness (QED) is 0.583. The Morgan fingerprint density at radius 3 is 2.67 bits per heavy atom. The molecule has 1 fully saturated rings. The predicted octanol–water partition coefficient (Wildman–Crippen LogP) is 1.74. The van der Waals surface area contributed by atoms with Crippen LogP contribution in [-0.2, 0) is 0 Å². The normalized spacial score (nSPS) is 18.3. The monoisotopic (exact) mass is 290 g/mol. The summed E-state index contributed by atoms with van der Waals surface area (Å²) in [5, 5.41) is 3.07. The zero-order valence-electron chi connectivity index (χ0n) is 13.2. The Balaban J connectivity index is 1.99. The lowest BCUT2D eigenvalue weighted by atomic mass is 9.80. The van der Waals surface area contributed by atoms with Crippen LogP contribution in [0.15, 0.2) is 18.2 Å². The van der Waals surface area contributed by atoms with Crippen molar-refractivity contribution in [2.45, 2.75) is 26.7 Å². The maximum absolute atomic E-state index is 12.4. The average Bonchev–Trinajstić information content (AvgIpc) is 2.48. The minimum absolute atomic E-state index is 0.0666. The van der Waals surface area contributed by atoms with Gasteiger partial charge in [-0.2, -0.15) is 0 Å². The van der Waals surface area contributed by atoms with E-state index in [0.29, 0.717) is 17.8 Å². The third-order valence-electron chi connectivity index (χ3n) is 4.45. The largest absolute Gasteiger partial charge is 0.351 e. The maximum atomic E-state index is 12.4. The molecule has 21 heavy (non-hydrogen) atoms. The van der Waals surface area contributed by atoms with Crippen LogP contribution in [0.3, 0.4) is 0 Å². The number of carbonyl (C=O) groups is 1. The van der Waals surface area contributed by atoms with Crippen molar-refractivity contribution in [2.24, 2.45) is 11.3 Å². The van der Waals surface area contributed by atoms with Gasteiger partial charge in [-0.25, -0.2) is 0 Å². The number of nitrogens with one attached hydrogen (secondary N) is 2. The van der Waals surface area contributed by atoms with Crippen molar-refractivity contribution in [3.63, 3.8) is 0 Å². The van der Waals surface area contributed by atoms with Gasteiger partial charge in [-0.3, -0.25) is 10.6 Å². The van der Waals surface area contributed by atoms with E-state index in [2.05, 4.69) is 29.6 Å². The van der Waals surface area contributed by atoms with Gasteiger partial charge in [0.25, 0.3) is 5.91 Å². The van der Waals surface area contributed by atoms with Gasteiger partial charge >= 0.3 is 0 Å². The van der Waals surface area contributed by atoms with Gasteiger partial charge in [-0.05, 0) is 63.0 Å². The van der Waals surface area contributed by atoms with E-state index in [1.165, 1.54) is 0 Å². The summed E-state index contributed by atoms with van der Waals surface area (Å²) < 4.78 is 0. The lowest BCUT2D eigenvalue weighted by molar-refractivity contribution is 0.0892. The van der Waals surface area contributed by atoms with Crippen molar-refractivity contribution in [3.8, 4) is 0 Å². The Morgan fingerprint density at radius 1 is 1.38 bits per heavy atom. The number of nitrogen functional groups attached to an aromatic ring is 1. The number of rotatable bonds is 4. The molecule has 0 aromatic heterocycles. The molecule has 0 aliphatic carbocycles. The molecule has 5 nitrogen and oxygen atoms in total. The molecule has 0 radical (unpaired) electrons. The number of likely N-dealkylation sites (tertiary alicyclic amines) is 1. The number of aryl methyl sites for hydroxylation is 1. The summed E-state index contributed by atoms with van der Waals surface area (Å²) in [5.74, 6) is 5.44. The van der Waals surface area contributed by atoms with Crippen LogP contribution < -0.4 is 16.6 Å². The van der Waals surface area contributed by atoms with Crippen LogP contribution in [0.2, 0.25) is 0 Å². The van der Waals surface area contributed by atoms with Crippen LogP contribution in [0.4, 0.5) is 5.69 Å². The first-order chi connectivity index (χ1) is 9.93. The van der Waals surface area contributed by atoms with Crippen LogP contribution in [0.25, 0.3) is 0 Å². The van der Waals surface area contributed by atoms with Gasteiger partial charge in [0.2, 0.25) is 0 Å². The molecule has 0 unspecified atom stereocenters. The zero-order valence-corrected chi connectivity index (χ0v) is 13.2. The highest BCUT2D eigenvalue weighted by Crippen LogP contribution is 2.29. The number of anilines is 1. The number of nitrogens with zero attached hydrogens (tertiary/aromatic N) is 1. The van der Waals surface area contributed by atoms with Crippen molar-refractivity contribution in [1.82, 2.24) is 10.2 Å². The number of nitrogens with two attached hydrogens (primary N) is 1. The predicted molar refractivity (Wildman–Crippen MR) is 86.2 cm³/mol. The van der Waals surface area contributed by atoms with Crippen molar-refractivity contribution in [1.29, 1.82) is 0 Å². The molecule has 0 spiro atoms. The molecule has 2 rings (SSSR count). The van der Waals surface area contributed by atoms with Crippen LogP contribution in [0, 0.1) is 12.3 Å². The van der Waals surface area contributed by atoms with E-state index in [4.69, 9.17) is 5.84 Å². The Labute approximate surface area is 126 Å². The van der Waals surface area contributed by atoms with Gasteiger partial charge in [0.1, 0.15) is 0 Å². The smallest absolute Gasteiger partial charge is 0.253 e. The van der Waals surface area contributed by atoms with Gasteiger partial charge in [0, 0.05) is 6.54 Å². The van der Waals surface area contributed by atoms with Crippen LogP contribution in [-0.4, -0.2) is 37.5 Å². The second-order valence-electron chi connectivity index (χ2n) is 6.49. The van der Waals surface area contributed by atoms with Gasteiger partial charge in [0.05, 0.1) is 11.3 Å². The molecule has 0 bridgehead atoms. The summed E-state index contributed by atoms with van der Waals surface area (Å²) in [4.78, 5) is 14.7. The van der Waals surface area contributed by atoms with Crippen molar-refractivity contribution in [3.05, 3.63) is 29.3 Å².